The highest BCUT2D eigenvalue weighted by Crippen LogP contribution is 2.50. The highest BCUT2D eigenvalue weighted by molar-refractivity contribution is 6.30. The van der Waals surface area contributed by atoms with E-state index < -0.39 is 0 Å². The average molecular weight is 428 g/mol. The van der Waals surface area contributed by atoms with Gasteiger partial charge in [0.2, 0.25) is 5.91 Å². The molecule has 2 fully saturated rings. The molecular weight excluding hydrogens is 394 g/mol. The number of piperazine rings is 1. The largest absolute Gasteiger partial charge is 0.340 e. The van der Waals surface area contributed by atoms with E-state index in [1.807, 2.05) is 6.07 Å². The summed E-state index contributed by atoms with van der Waals surface area (Å²) < 4.78 is 0. The van der Waals surface area contributed by atoms with Gasteiger partial charge in [0.15, 0.2) is 0 Å². The molecule has 0 N–H and O–H groups in total. The summed E-state index contributed by atoms with van der Waals surface area (Å²) in [5, 5.41) is 0.820. The Balaban J connectivity index is 1.40. The molecule has 5 rings (SSSR count). The van der Waals surface area contributed by atoms with Gasteiger partial charge in [0, 0.05) is 55.7 Å². The first-order valence-electron chi connectivity index (χ1n) is 11.7. The second-order valence-electron chi connectivity index (χ2n) is 9.97. The minimum Gasteiger partial charge on any atom is -0.340 e. The smallest absolute Gasteiger partial charge is 0.223 e. The van der Waals surface area contributed by atoms with Crippen molar-refractivity contribution in [1.29, 1.82) is 0 Å². The fraction of sp³-hybridized carbons (Fsp3) is 0.640. The first-order valence-corrected chi connectivity index (χ1v) is 12.1. The fourth-order valence-corrected chi connectivity index (χ4v) is 6.48. The van der Waals surface area contributed by atoms with Crippen molar-refractivity contribution in [3.05, 3.63) is 39.9 Å². The van der Waals surface area contributed by atoms with E-state index in [2.05, 4.69) is 47.7 Å². The van der Waals surface area contributed by atoms with Crippen molar-refractivity contribution in [2.75, 3.05) is 33.2 Å². The number of nitrogens with zero attached hydrogens (tertiary/aromatic N) is 3. The van der Waals surface area contributed by atoms with E-state index in [4.69, 9.17) is 11.6 Å². The maximum Gasteiger partial charge on any atom is 0.223 e. The summed E-state index contributed by atoms with van der Waals surface area (Å²) in [4.78, 5) is 20.4. The van der Waals surface area contributed by atoms with Crippen molar-refractivity contribution in [2.24, 2.45) is 5.92 Å². The van der Waals surface area contributed by atoms with Crippen molar-refractivity contribution in [3.8, 4) is 0 Å². The van der Waals surface area contributed by atoms with Crippen LogP contribution in [0.25, 0.3) is 5.57 Å². The number of hydrogen-bond donors (Lipinski definition) is 0. The van der Waals surface area contributed by atoms with Gasteiger partial charge >= 0.3 is 0 Å². The molecule has 5 heteroatoms. The van der Waals surface area contributed by atoms with Crippen molar-refractivity contribution in [3.63, 3.8) is 0 Å². The van der Waals surface area contributed by atoms with Crippen LogP contribution in [0.4, 0.5) is 0 Å². The Morgan fingerprint density at radius 2 is 1.90 bits per heavy atom. The molecule has 0 radical (unpaired) electrons. The Morgan fingerprint density at radius 1 is 1.13 bits per heavy atom. The van der Waals surface area contributed by atoms with Crippen LogP contribution in [-0.4, -0.2) is 72.0 Å². The maximum absolute atomic E-state index is 13.3. The summed E-state index contributed by atoms with van der Waals surface area (Å²) in [6.07, 6.45) is 5.25. The Hall–Kier alpha value is -1.36. The predicted molar refractivity (Wildman–Crippen MR) is 123 cm³/mol. The van der Waals surface area contributed by atoms with Crippen molar-refractivity contribution >= 4 is 23.1 Å². The Kier molecular flexibility index (Phi) is 5.45. The normalized spacial score (nSPS) is 29.4. The first kappa shape index (κ1) is 20.5. The number of fused-ring (bicyclic) bond motifs is 5. The molecule has 1 aliphatic carbocycles. The van der Waals surface area contributed by atoms with Crippen LogP contribution in [0.3, 0.4) is 0 Å². The molecular formula is C25H34ClN3O. The molecule has 1 aromatic carbocycles. The van der Waals surface area contributed by atoms with E-state index in [1.54, 1.807) is 5.57 Å². The Labute approximate surface area is 185 Å². The van der Waals surface area contributed by atoms with E-state index >= 15 is 0 Å². The van der Waals surface area contributed by atoms with Gasteiger partial charge in [0.1, 0.15) is 0 Å². The highest BCUT2D eigenvalue weighted by Gasteiger charge is 2.44. The van der Waals surface area contributed by atoms with Crippen LogP contribution >= 0.6 is 11.6 Å². The molecule has 0 spiro atoms. The SMILES string of the molecule is CC(C)N1CCN(C(=O)CC2Cc3ccc(Cl)cc3C3=C2CC2CCC3N2C)CC1. The average Bonchev–Trinajstić information content (AvgIpc) is 2.96. The number of hydrogen-bond acceptors (Lipinski definition) is 3. The van der Waals surface area contributed by atoms with E-state index in [0.717, 1.165) is 44.0 Å². The lowest BCUT2D eigenvalue weighted by Gasteiger charge is -2.42. The molecule has 0 saturated carbocycles. The molecule has 4 nitrogen and oxygen atoms in total. The fourth-order valence-electron chi connectivity index (χ4n) is 6.31. The Morgan fingerprint density at radius 3 is 2.63 bits per heavy atom. The van der Waals surface area contributed by atoms with Gasteiger partial charge in [-0.25, -0.2) is 0 Å². The molecule has 30 heavy (non-hydrogen) atoms. The summed E-state index contributed by atoms with van der Waals surface area (Å²) in [6, 6.07) is 8.07. The zero-order chi connectivity index (χ0) is 21.0. The zero-order valence-corrected chi connectivity index (χ0v) is 19.3. The number of carbonyl (C=O) groups is 1. The number of benzene rings is 1. The summed E-state index contributed by atoms with van der Waals surface area (Å²) in [5.74, 6) is 0.694. The third-order valence-electron chi connectivity index (χ3n) is 8.12. The molecule has 0 aromatic heterocycles. The van der Waals surface area contributed by atoms with E-state index in [9.17, 15) is 4.79 Å². The highest BCUT2D eigenvalue weighted by atomic mass is 35.5. The summed E-state index contributed by atoms with van der Waals surface area (Å²) in [5.41, 5.74) is 5.78. The summed E-state index contributed by atoms with van der Waals surface area (Å²) in [7, 11) is 2.28. The molecule has 3 aliphatic heterocycles. The molecule has 3 unspecified atom stereocenters. The van der Waals surface area contributed by atoms with Crippen LogP contribution in [0.1, 0.15) is 50.7 Å². The second-order valence-corrected chi connectivity index (χ2v) is 10.4. The van der Waals surface area contributed by atoms with Crippen LogP contribution in [0.5, 0.6) is 0 Å². The number of carbonyl (C=O) groups excluding carboxylic acids is 1. The molecule has 3 atom stereocenters. The van der Waals surface area contributed by atoms with Crippen LogP contribution in [0.2, 0.25) is 5.02 Å². The predicted octanol–water partition coefficient (Wildman–Crippen LogP) is 4.08. The minimum absolute atomic E-state index is 0.346. The molecule has 2 saturated heterocycles. The molecule has 4 aliphatic rings. The molecule has 162 valence electrons. The molecule has 1 amide bonds. The van der Waals surface area contributed by atoms with Gasteiger partial charge in [-0.1, -0.05) is 23.2 Å². The quantitative estimate of drug-likeness (QED) is 0.727. The van der Waals surface area contributed by atoms with Gasteiger partial charge in [-0.2, -0.15) is 0 Å². The van der Waals surface area contributed by atoms with Gasteiger partial charge < -0.3 is 4.90 Å². The lowest BCUT2D eigenvalue weighted by molar-refractivity contribution is -0.134. The van der Waals surface area contributed by atoms with Crippen molar-refractivity contribution in [2.45, 2.75) is 64.1 Å². The standard InChI is InChI=1S/C25H34ClN3O/c1-16(2)28-8-10-29(11-9-28)24(30)13-18-12-17-4-5-19(26)14-21(17)25-22(18)15-20-6-7-23(25)27(20)3/h4-5,14,16,18,20,23H,6-13,15H2,1-3H3. The van der Waals surface area contributed by atoms with Crippen LogP contribution in [0, 0.1) is 5.92 Å². The van der Waals surface area contributed by atoms with Gasteiger partial charge in [0.05, 0.1) is 0 Å². The lowest BCUT2D eigenvalue weighted by Crippen LogP contribution is -2.51. The second kappa shape index (κ2) is 7.96. The zero-order valence-electron chi connectivity index (χ0n) is 18.5. The van der Waals surface area contributed by atoms with E-state index in [1.165, 1.54) is 29.5 Å². The Bertz CT molecular complexity index is 871. The van der Waals surface area contributed by atoms with Crippen molar-refractivity contribution < 1.29 is 4.79 Å². The van der Waals surface area contributed by atoms with Gasteiger partial charge in [-0.3, -0.25) is 14.6 Å². The van der Waals surface area contributed by atoms with Gasteiger partial charge in [-0.15, -0.1) is 0 Å². The van der Waals surface area contributed by atoms with Gasteiger partial charge in [-0.05, 0) is 81.3 Å². The molecule has 3 heterocycles. The third-order valence-corrected chi connectivity index (χ3v) is 8.35. The topological polar surface area (TPSA) is 26.8 Å². The maximum atomic E-state index is 13.3. The number of rotatable bonds is 3. The number of halogens is 1. The first-order chi connectivity index (χ1) is 14.4. The number of amides is 1. The molecule has 1 aromatic rings. The summed E-state index contributed by atoms with van der Waals surface area (Å²) >= 11 is 6.40. The van der Waals surface area contributed by atoms with E-state index in [0.29, 0.717) is 36.4 Å². The minimum atomic E-state index is 0.346. The van der Waals surface area contributed by atoms with Gasteiger partial charge in [0.25, 0.3) is 0 Å². The van der Waals surface area contributed by atoms with Crippen LogP contribution < -0.4 is 0 Å². The van der Waals surface area contributed by atoms with Crippen molar-refractivity contribution in [1.82, 2.24) is 14.7 Å². The third kappa shape index (κ3) is 3.51. The molecule has 2 bridgehead atoms. The lowest BCUT2D eigenvalue weighted by atomic mass is 9.72. The summed E-state index contributed by atoms with van der Waals surface area (Å²) in [6.45, 7) is 8.22. The van der Waals surface area contributed by atoms with Crippen LogP contribution in [0.15, 0.2) is 23.8 Å². The monoisotopic (exact) mass is 427 g/mol. The number of likely N-dealkylation sites (N-methyl/N-ethyl adjacent to an activating group) is 1. The van der Waals surface area contributed by atoms with Crippen LogP contribution in [-0.2, 0) is 11.2 Å². The van der Waals surface area contributed by atoms with E-state index in [-0.39, 0.29) is 0 Å².